The van der Waals surface area contributed by atoms with Crippen molar-refractivity contribution >= 4 is 28.5 Å². The van der Waals surface area contributed by atoms with Crippen molar-refractivity contribution in [3.8, 4) is 23.0 Å². The number of phenolic OH excluding ortho intramolecular Hbond substituents is 1. The van der Waals surface area contributed by atoms with Crippen molar-refractivity contribution < 1.29 is 9.84 Å². The Bertz CT molecular complexity index is 1400. The second kappa shape index (κ2) is 9.99. The Labute approximate surface area is 207 Å². The predicted octanol–water partition coefficient (Wildman–Crippen LogP) is 3.68. The maximum atomic E-state index is 12.4. The van der Waals surface area contributed by atoms with Crippen LogP contribution in [0.4, 0.5) is 5.95 Å². The molecule has 2 aromatic carbocycles. The number of hydrogen-bond donors (Lipinski definition) is 2. The van der Waals surface area contributed by atoms with Crippen LogP contribution in [0.25, 0.3) is 22.3 Å². The van der Waals surface area contributed by atoms with Gasteiger partial charge in [-0.25, -0.2) is 5.10 Å². The number of H-pyrrole nitrogens is 1. The Morgan fingerprint density at radius 1 is 1.23 bits per heavy atom. The highest BCUT2D eigenvalue weighted by Crippen LogP contribution is 2.31. The monoisotopic (exact) mass is 492 g/mol. The molecule has 1 atom stereocenters. The number of nitrogens with one attached hydrogen (secondary N) is 1. The average Bonchev–Trinajstić information content (AvgIpc) is 3.28. The largest absolute Gasteiger partial charge is 0.504 e. The summed E-state index contributed by atoms with van der Waals surface area (Å²) in [6.07, 6.45) is 2.35. The van der Waals surface area contributed by atoms with Crippen molar-refractivity contribution in [2.24, 2.45) is 5.92 Å². The molecule has 4 aromatic rings. The van der Waals surface area contributed by atoms with E-state index >= 15 is 0 Å². The number of fused-ring (bicyclic) bond motifs is 1. The summed E-state index contributed by atoms with van der Waals surface area (Å²) in [6.45, 7) is 1.28. The van der Waals surface area contributed by atoms with Crippen LogP contribution in [0.1, 0.15) is 18.4 Å². The molecule has 2 N–H and O–H groups in total. The number of ether oxygens (including phenoxy) is 1. The molecule has 0 amide bonds. The molecule has 0 saturated carbocycles. The lowest BCUT2D eigenvalue weighted by Crippen LogP contribution is -2.25. The summed E-state index contributed by atoms with van der Waals surface area (Å²) < 4.78 is 7.28. The van der Waals surface area contributed by atoms with E-state index in [0.29, 0.717) is 41.1 Å². The number of phenols is 1. The van der Waals surface area contributed by atoms with Crippen molar-refractivity contribution in [3.63, 3.8) is 0 Å². The van der Waals surface area contributed by atoms with Crippen LogP contribution in [0.3, 0.4) is 0 Å². The molecule has 5 rings (SSSR count). The summed E-state index contributed by atoms with van der Waals surface area (Å²) in [6, 6.07) is 12.8. The maximum Gasteiger partial charge on any atom is 0.272 e. The highest BCUT2D eigenvalue weighted by Gasteiger charge is 2.24. The number of aromatic hydroxyl groups is 1. The van der Waals surface area contributed by atoms with Gasteiger partial charge in [0.15, 0.2) is 17.3 Å². The first-order chi connectivity index (χ1) is 17.0. The molecule has 0 aliphatic carbocycles. The van der Waals surface area contributed by atoms with Crippen LogP contribution in [-0.4, -0.2) is 55.7 Å². The van der Waals surface area contributed by atoms with Crippen molar-refractivity contribution in [1.29, 1.82) is 0 Å². The number of thioether (sulfide) groups is 1. The molecular formula is C25H28N6O3S. The molecular weight excluding hydrogens is 464 g/mol. The minimum Gasteiger partial charge on any atom is -0.504 e. The molecule has 1 saturated heterocycles. The smallest absolute Gasteiger partial charge is 0.272 e. The van der Waals surface area contributed by atoms with Crippen molar-refractivity contribution in [2.75, 3.05) is 30.6 Å². The first kappa shape index (κ1) is 23.2. The van der Waals surface area contributed by atoms with Gasteiger partial charge in [0.2, 0.25) is 5.95 Å². The molecule has 2 aromatic heterocycles. The van der Waals surface area contributed by atoms with Gasteiger partial charge < -0.3 is 14.7 Å². The van der Waals surface area contributed by atoms with Gasteiger partial charge in [-0.1, -0.05) is 24.3 Å². The summed E-state index contributed by atoms with van der Waals surface area (Å²) in [4.78, 5) is 14.4. The second-order valence-electron chi connectivity index (χ2n) is 8.83. The van der Waals surface area contributed by atoms with Gasteiger partial charge in [0.1, 0.15) is 5.69 Å². The van der Waals surface area contributed by atoms with Gasteiger partial charge >= 0.3 is 0 Å². The van der Waals surface area contributed by atoms with Gasteiger partial charge in [0.25, 0.3) is 5.56 Å². The lowest BCUT2D eigenvalue weighted by Gasteiger charge is -2.25. The normalized spacial score (nSPS) is 15.9. The molecule has 35 heavy (non-hydrogen) atoms. The standard InChI is InChI=1S/C25H28N6O3S/c1-30(13-16-9-10-21(34-2)20(32)12-16)25-29-27-23(31(25)14-17-6-5-11-35-15-17)22-18-7-3-4-8-19(18)24(33)28-26-22/h3-4,7-10,12,17,32H,5-6,11,13-15H2,1-2H3,(H,28,33). The summed E-state index contributed by atoms with van der Waals surface area (Å²) in [5.41, 5.74) is 1.30. The fraction of sp³-hybridized carbons (Fsp3) is 0.360. The first-order valence-electron chi connectivity index (χ1n) is 11.6. The Kier molecular flexibility index (Phi) is 6.63. The van der Waals surface area contributed by atoms with Gasteiger partial charge in [-0.2, -0.15) is 16.9 Å². The van der Waals surface area contributed by atoms with Crippen molar-refractivity contribution in [3.05, 3.63) is 58.4 Å². The highest BCUT2D eigenvalue weighted by molar-refractivity contribution is 7.99. The van der Waals surface area contributed by atoms with E-state index in [4.69, 9.17) is 4.74 Å². The minimum absolute atomic E-state index is 0.101. The Morgan fingerprint density at radius 2 is 2.06 bits per heavy atom. The Balaban J connectivity index is 1.55. The van der Waals surface area contributed by atoms with Crippen LogP contribution < -0.4 is 15.2 Å². The molecule has 0 radical (unpaired) electrons. The summed E-state index contributed by atoms with van der Waals surface area (Å²) in [5, 5.41) is 27.6. The summed E-state index contributed by atoms with van der Waals surface area (Å²) in [5.74, 6) is 4.67. The number of methoxy groups -OCH3 is 1. The molecule has 1 aliphatic heterocycles. The zero-order valence-corrected chi connectivity index (χ0v) is 20.6. The molecule has 0 bridgehead atoms. The minimum atomic E-state index is -0.226. The van der Waals surface area contributed by atoms with Gasteiger partial charge in [0.05, 0.1) is 12.5 Å². The van der Waals surface area contributed by atoms with E-state index < -0.39 is 0 Å². The fourth-order valence-corrected chi connectivity index (χ4v) is 5.74. The number of anilines is 1. The maximum absolute atomic E-state index is 12.4. The third-order valence-electron chi connectivity index (χ3n) is 6.34. The summed E-state index contributed by atoms with van der Waals surface area (Å²) in [7, 11) is 3.49. The topological polar surface area (TPSA) is 109 Å². The van der Waals surface area contributed by atoms with E-state index in [2.05, 4.69) is 25.0 Å². The average molecular weight is 493 g/mol. The highest BCUT2D eigenvalue weighted by atomic mass is 32.2. The summed E-state index contributed by atoms with van der Waals surface area (Å²) >= 11 is 1.98. The molecule has 182 valence electrons. The van der Waals surface area contributed by atoms with Crippen molar-refractivity contribution in [2.45, 2.75) is 25.9 Å². The third-order valence-corrected chi connectivity index (χ3v) is 7.62. The first-order valence-corrected chi connectivity index (χ1v) is 12.8. The van der Waals surface area contributed by atoms with E-state index in [9.17, 15) is 9.90 Å². The molecule has 0 spiro atoms. The molecule has 3 heterocycles. The molecule has 10 heteroatoms. The zero-order chi connectivity index (χ0) is 24.4. The van der Waals surface area contributed by atoms with E-state index in [-0.39, 0.29) is 11.3 Å². The van der Waals surface area contributed by atoms with Crippen LogP contribution in [0, 0.1) is 5.92 Å². The quantitative estimate of drug-likeness (QED) is 0.402. The van der Waals surface area contributed by atoms with Gasteiger partial charge in [-0.15, -0.1) is 10.2 Å². The molecule has 9 nitrogen and oxygen atoms in total. The van der Waals surface area contributed by atoms with Crippen molar-refractivity contribution in [1.82, 2.24) is 25.0 Å². The van der Waals surface area contributed by atoms with Crippen LogP contribution in [0.5, 0.6) is 11.5 Å². The zero-order valence-electron chi connectivity index (χ0n) is 19.8. The van der Waals surface area contributed by atoms with Gasteiger partial charge in [-0.3, -0.25) is 9.36 Å². The lowest BCUT2D eigenvalue weighted by molar-refractivity contribution is 0.373. The van der Waals surface area contributed by atoms with E-state index in [1.807, 2.05) is 48.0 Å². The number of aromatic nitrogens is 5. The van der Waals surface area contributed by atoms with Crippen LogP contribution in [0.15, 0.2) is 47.3 Å². The number of nitrogens with zero attached hydrogens (tertiary/aromatic N) is 5. The van der Waals surface area contributed by atoms with Crippen LogP contribution in [-0.2, 0) is 13.1 Å². The number of hydrogen-bond acceptors (Lipinski definition) is 8. The van der Waals surface area contributed by atoms with E-state index in [1.54, 1.807) is 18.2 Å². The Morgan fingerprint density at radius 3 is 2.80 bits per heavy atom. The SMILES string of the molecule is COc1ccc(CN(C)c2nnc(-c3n[nH]c(=O)c4ccccc34)n2CC2CCCSC2)cc1O. The van der Waals surface area contributed by atoms with E-state index in [0.717, 1.165) is 29.7 Å². The number of rotatable bonds is 7. The lowest BCUT2D eigenvalue weighted by atomic mass is 10.1. The number of benzene rings is 2. The predicted molar refractivity (Wildman–Crippen MR) is 138 cm³/mol. The molecule has 1 fully saturated rings. The number of aromatic amines is 1. The van der Waals surface area contributed by atoms with Gasteiger partial charge in [-0.05, 0) is 54.0 Å². The second-order valence-corrected chi connectivity index (χ2v) is 9.98. The molecule has 1 aliphatic rings. The third kappa shape index (κ3) is 4.70. The van der Waals surface area contributed by atoms with Crippen LogP contribution in [0.2, 0.25) is 0 Å². The van der Waals surface area contributed by atoms with Crippen LogP contribution >= 0.6 is 11.8 Å². The Hall–Kier alpha value is -3.53. The fourth-order valence-electron chi connectivity index (χ4n) is 4.59. The van der Waals surface area contributed by atoms with Gasteiger partial charge in [0, 0.05) is 25.5 Å². The molecule has 1 unspecified atom stereocenters. The van der Waals surface area contributed by atoms with E-state index in [1.165, 1.54) is 19.3 Å².